The highest BCUT2D eigenvalue weighted by Crippen LogP contribution is 2.43. The van der Waals surface area contributed by atoms with Gasteiger partial charge in [0.1, 0.15) is 18.0 Å². The number of fused-ring (bicyclic) bond motifs is 1. The number of hydrogen-bond donors (Lipinski definition) is 2. The molecule has 2 N–H and O–H groups in total. The first-order valence-corrected chi connectivity index (χ1v) is 20.2. The lowest BCUT2D eigenvalue weighted by atomic mass is 9.73. The first kappa shape index (κ1) is 47.0. The van der Waals surface area contributed by atoms with Gasteiger partial charge in [0, 0.05) is 43.1 Å². The summed E-state index contributed by atoms with van der Waals surface area (Å²) in [4.78, 5) is 72.1. The summed E-state index contributed by atoms with van der Waals surface area (Å²) in [5, 5.41) is 14.0. The largest absolute Gasteiger partial charge is 0.455 e. The number of aryl methyl sites for hydroxylation is 1. The zero-order chi connectivity index (χ0) is 43.5. The van der Waals surface area contributed by atoms with Crippen LogP contribution in [-0.2, 0) is 42.8 Å². The third kappa shape index (κ3) is 9.83. The molecule has 0 aliphatic carbocycles. The van der Waals surface area contributed by atoms with Crippen molar-refractivity contribution in [2.75, 3.05) is 39.7 Å². The van der Waals surface area contributed by atoms with Crippen LogP contribution in [0.4, 0.5) is 19.7 Å². The highest BCUT2D eigenvalue weighted by Gasteiger charge is 2.61. The number of likely N-dealkylation sites (N-methyl/N-ethyl adjacent to an activating group) is 1. The van der Waals surface area contributed by atoms with Crippen molar-refractivity contribution >= 4 is 35.4 Å². The Bertz CT molecular complexity index is 1640. The number of rotatable bonds is 10. The Morgan fingerprint density at radius 2 is 1.69 bits per heavy atom. The van der Waals surface area contributed by atoms with Crippen molar-refractivity contribution in [3.8, 4) is 0 Å². The molecular weight excluding hydrogens is 757 g/mol. The number of benzene rings is 1. The molecule has 1 aromatic rings. The van der Waals surface area contributed by atoms with E-state index in [0.29, 0.717) is 12.1 Å². The Labute approximate surface area is 341 Å². The standard InChI is InChI=1S/C42H64FN3O12/c1-13-30-42(9)33(46(39(52)58-42)19-14-20-54-38(51)44-28-17-15-23(2)16-18-28)26(5)31(47)24(3)22-40(7,53-12)35(27(6)34(49)41(8,43)37(50)56-30)57-36-32(48)29(45(10)11)21-25(4)55-36/h15-18,24-27,29-30,32-33,35-36,48H,13-14,19-22H2,1-12H3,(H,44,51)/t24-,25-,26+,27+,29+,30-,32-,33-,35-,36+,40-,41+,42-/m1/s1. The van der Waals surface area contributed by atoms with Gasteiger partial charge in [0.25, 0.3) is 5.67 Å². The normalized spacial score (nSPS) is 37.8. The predicted octanol–water partition coefficient (Wildman–Crippen LogP) is 5.23. The van der Waals surface area contributed by atoms with Crippen LogP contribution in [0.2, 0.25) is 0 Å². The minimum Gasteiger partial charge on any atom is -0.455 e. The Balaban J connectivity index is 1.68. The number of methoxy groups -OCH3 is 1. The Hall–Kier alpha value is -3.70. The van der Waals surface area contributed by atoms with Gasteiger partial charge in [0.2, 0.25) is 0 Å². The lowest BCUT2D eigenvalue weighted by Crippen LogP contribution is -2.61. The fraction of sp³-hybridized carbons (Fsp3) is 0.738. The van der Waals surface area contributed by atoms with E-state index in [1.807, 2.05) is 45.0 Å². The molecule has 0 saturated carbocycles. The van der Waals surface area contributed by atoms with Gasteiger partial charge in [-0.15, -0.1) is 0 Å². The molecule has 0 bridgehead atoms. The van der Waals surface area contributed by atoms with Crippen LogP contribution in [0.1, 0.15) is 86.6 Å². The molecule has 4 rings (SSSR count). The van der Waals surface area contributed by atoms with E-state index in [9.17, 15) is 29.1 Å². The smallest absolute Gasteiger partial charge is 0.411 e. The van der Waals surface area contributed by atoms with Crippen LogP contribution in [0.25, 0.3) is 0 Å². The number of alkyl halides is 1. The quantitative estimate of drug-likeness (QED) is 0.136. The molecule has 3 aliphatic rings. The van der Waals surface area contributed by atoms with Gasteiger partial charge in [-0.1, -0.05) is 45.4 Å². The SMILES string of the molecule is CC[C@H]1OC(=O)[C@@](C)(F)C(=O)[C@H](C)[C@@H](O[C@@H]2O[C@H](C)C[C@H](N(C)C)[C@H]2O)[C@](C)(OC)C[C@@H](C)C(=O)[C@H](C)[C@H]2N(CCCOC(=O)Nc3ccc(C)cc3)C(=O)O[C@]12C. The number of aliphatic hydroxyl groups excluding tert-OH is 1. The maximum absolute atomic E-state index is 16.8. The highest BCUT2D eigenvalue weighted by molar-refractivity contribution is 6.08. The van der Waals surface area contributed by atoms with Crippen molar-refractivity contribution in [2.24, 2.45) is 17.8 Å². The van der Waals surface area contributed by atoms with Gasteiger partial charge in [-0.25, -0.2) is 18.8 Å². The number of anilines is 1. The molecule has 0 aromatic heterocycles. The summed E-state index contributed by atoms with van der Waals surface area (Å²) < 4.78 is 52.5. The summed E-state index contributed by atoms with van der Waals surface area (Å²) in [6.07, 6.45) is -6.28. The summed E-state index contributed by atoms with van der Waals surface area (Å²) in [6.45, 7) is 14.0. The molecule has 15 nitrogen and oxygen atoms in total. The Kier molecular flexibility index (Phi) is 15.1. The summed E-state index contributed by atoms with van der Waals surface area (Å²) in [6, 6.07) is 5.75. The van der Waals surface area contributed by atoms with E-state index in [4.69, 9.17) is 28.4 Å². The molecule has 0 radical (unpaired) electrons. The summed E-state index contributed by atoms with van der Waals surface area (Å²) in [7, 11) is 4.99. The second-order valence-electron chi connectivity index (χ2n) is 17.1. The first-order valence-electron chi connectivity index (χ1n) is 20.2. The van der Waals surface area contributed by atoms with E-state index < -0.39 is 89.2 Å². The second-order valence-corrected chi connectivity index (χ2v) is 17.1. The number of amides is 2. The van der Waals surface area contributed by atoms with E-state index >= 15 is 4.39 Å². The third-order valence-electron chi connectivity index (χ3n) is 12.3. The fourth-order valence-electron chi connectivity index (χ4n) is 8.90. The molecule has 0 spiro atoms. The minimum atomic E-state index is -3.21. The number of aliphatic hydroxyl groups is 1. The maximum atomic E-state index is 16.8. The predicted molar refractivity (Wildman–Crippen MR) is 211 cm³/mol. The number of halogens is 1. The molecule has 3 heterocycles. The zero-order valence-electron chi connectivity index (χ0n) is 36.0. The molecule has 16 heteroatoms. The summed E-state index contributed by atoms with van der Waals surface area (Å²) in [5.74, 6) is -6.09. The molecule has 3 aliphatic heterocycles. The van der Waals surface area contributed by atoms with E-state index in [2.05, 4.69) is 5.32 Å². The number of cyclic esters (lactones) is 1. The summed E-state index contributed by atoms with van der Waals surface area (Å²) in [5.41, 5.74) is -4.80. The lowest BCUT2D eigenvalue weighted by Gasteiger charge is -2.47. The van der Waals surface area contributed by atoms with Crippen molar-refractivity contribution in [1.29, 1.82) is 0 Å². The highest BCUT2D eigenvalue weighted by atomic mass is 19.1. The number of hydrogen-bond acceptors (Lipinski definition) is 13. The van der Waals surface area contributed by atoms with Crippen molar-refractivity contribution in [3.63, 3.8) is 0 Å². The number of carbonyl (C=O) groups is 5. The summed E-state index contributed by atoms with van der Waals surface area (Å²) >= 11 is 0. The van der Waals surface area contributed by atoms with Gasteiger partial charge < -0.3 is 43.3 Å². The van der Waals surface area contributed by atoms with Crippen LogP contribution in [0.5, 0.6) is 0 Å². The average molecular weight is 822 g/mol. The zero-order valence-corrected chi connectivity index (χ0v) is 36.0. The average Bonchev–Trinajstić information content (AvgIpc) is 3.43. The minimum absolute atomic E-state index is 0.00804. The molecule has 13 atom stereocenters. The van der Waals surface area contributed by atoms with E-state index in [0.717, 1.165) is 12.5 Å². The van der Waals surface area contributed by atoms with Crippen molar-refractivity contribution < 1.29 is 61.9 Å². The Morgan fingerprint density at radius 3 is 2.28 bits per heavy atom. The van der Waals surface area contributed by atoms with Crippen LogP contribution in [0.15, 0.2) is 24.3 Å². The number of Topliss-reactive ketones (excluding diaryl/α,β-unsaturated/α-hetero) is 2. The van der Waals surface area contributed by atoms with Crippen molar-refractivity contribution in [1.82, 2.24) is 9.80 Å². The van der Waals surface area contributed by atoms with Gasteiger partial charge in [-0.2, -0.15) is 0 Å². The molecule has 1 aromatic carbocycles. The van der Waals surface area contributed by atoms with Crippen LogP contribution in [0, 0.1) is 24.7 Å². The van der Waals surface area contributed by atoms with Gasteiger partial charge in [-0.05, 0) is 86.5 Å². The molecule has 326 valence electrons. The topological polar surface area (TPSA) is 179 Å². The van der Waals surface area contributed by atoms with Gasteiger partial charge in [0.15, 0.2) is 17.7 Å². The van der Waals surface area contributed by atoms with Gasteiger partial charge in [0.05, 0.1) is 30.5 Å². The van der Waals surface area contributed by atoms with Crippen LogP contribution < -0.4 is 5.32 Å². The van der Waals surface area contributed by atoms with E-state index in [1.54, 1.807) is 39.8 Å². The van der Waals surface area contributed by atoms with E-state index in [1.165, 1.54) is 25.9 Å². The lowest BCUT2D eigenvalue weighted by molar-refractivity contribution is -0.295. The third-order valence-corrected chi connectivity index (χ3v) is 12.3. The van der Waals surface area contributed by atoms with Crippen LogP contribution in [0.3, 0.4) is 0 Å². The molecular formula is C42H64FN3O12. The van der Waals surface area contributed by atoms with Crippen LogP contribution >= 0.6 is 0 Å². The first-order chi connectivity index (χ1) is 27.0. The maximum Gasteiger partial charge on any atom is 0.411 e. The number of carbonyl (C=O) groups excluding carboxylic acids is 5. The van der Waals surface area contributed by atoms with Gasteiger partial charge in [-0.3, -0.25) is 14.9 Å². The second kappa shape index (κ2) is 18.7. The number of ketones is 2. The van der Waals surface area contributed by atoms with Crippen molar-refractivity contribution in [2.45, 2.75) is 148 Å². The van der Waals surface area contributed by atoms with E-state index in [-0.39, 0.29) is 50.3 Å². The molecule has 58 heavy (non-hydrogen) atoms. The number of nitrogens with one attached hydrogen (secondary N) is 1. The molecule has 3 saturated heterocycles. The van der Waals surface area contributed by atoms with Gasteiger partial charge >= 0.3 is 18.2 Å². The van der Waals surface area contributed by atoms with Crippen LogP contribution in [-0.4, -0.2) is 139 Å². The van der Waals surface area contributed by atoms with Crippen molar-refractivity contribution in [3.05, 3.63) is 29.8 Å². The molecule has 0 unspecified atom stereocenters. The number of ether oxygens (including phenoxy) is 6. The molecule has 2 amide bonds. The fourth-order valence-corrected chi connectivity index (χ4v) is 8.90. The Morgan fingerprint density at radius 1 is 1.05 bits per heavy atom. The molecule has 3 fully saturated rings. The monoisotopic (exact) mass is 821 g/mol. The number of esters is 1. The number of nitrogens with zero attached hydrogens (tertiary/aromatic N) is 2.